The average Bonchev–Trinajstić information content (AvgIpc) is 3.01. The van der Waals surface area contributed by atoms with Crippen LogP contribution in [0.4, 0.5) is 16.4 Å². The Hall–Kier alpha value is -2.54. The maximum absolute atomic E-state index is 12.4. The van der Waals surface area contributed by atoms with E-state index in [9.17, 15) is 9.90 Å². The van der Waals surface area contributed by atoms with Gasteiger partial charge in [0.1, 0.15) is 5.82 Å². The van der Waals surface area contributed by atoms with Gasteiger partial charge in [-0.25, -0.2) is 4.79 Å². The maximum atomic E-state index is 12.4. The summed E-state index contributed by atoms with van der Waals surface area (Å²) in [6.45, 7) is -0.185. The van der Waals surface area contributed by atoms with E-state index in [1.807, 2.05) is 30.3 Å². The number of hydrogen-bond donors (Lipinski definition) is 5. The molecule has 1 fully saturated rings. The molecule has 1 aliphatic carbocycles. The number of amides is 2. The number of nitrogens with one attached hydrogen (secondary N) is 3. The van der Waals surface area contributed by atoms with Gasteiger partial charge < -0.3 is 16.2 Å². The van der Waals surface area contributed by atoms with Crippen LogP contribution in [0, 0.1) is 0 Å². The van der Waals surface area contributed by atoms with E-state index in [4.69, 9.17) is 5.73 Å². The highest BCUT2D eigenvalue weighted by Crippen LogP contribution is 2.38. The number of hydrogen-bond acceptors (Lipinski definition) is 4. The topological polar surface area (TPSA) is 116 Å². The molecular weight excluding hydrogens is 318 g/mol. The van der Waals surface area contributed by atoms with Crippen LogP contribution in [0.2, 0.25) is 0 Å². The van der Waals surface area contributed by atoms with E-state index in [0.717, 1.165) is 24.0 Å². The van der Waals surface area contributed by atoms with Crippen molar-refractivity contribution in [3.8, 4) is 0 Å². The fourth-order valence-corrected chi connectivity index (χ4v) is 3.49. The zero-order chi connectivity index (χ0) is 17.6. The molecule has 25 heavy (non-hydrogen) atoms. The van der Waals surface area contributed by atoms with Crippen LogP contribution in [0.1, 0.15) is 55.2 Å². The van der Waals surface area contributed by atoms with Gasteiger partial charge in [-0.2, -0.15) is 5.10 Å². The molecule has 1 aliphatic rings. The van der Waals surface area contributed by atoms with Gasteiger partial charge in [-0.1, -0.05) is 49.6 Å². The third kappa shape index (κ3) is 4.11. The van der Waals surface area contributed by atoms with E-state index in [2.05, 4.69) is 20.8 Å². The molecule has 6 N–H and O–H groups in total. The molecule has 0 unspecified atom stereocenters. The number of nitrogens with two attached hydrogens (primary N) is 1. The fourth-order valence-electron chi connectivity index (χ4n) is 3.49. The molecule has 0 aliphatic heterocycles. The van der Waals surface area contributed by atoms with Crippen LogP contribution < -0.4 is 16.4 Å². The summed E-state index contributed by atoms with van der Waals surface area (Å²) >= 11 is 0. The highest BCUT2D eigenvalue weighted by Gasteiger charge is 2.25. The second-order valence-electron chi connectivity index (χ2n) is 6.48. The zero-order valence-electron chi connectivity index (χ0n) is 14.2. The number of aromatic nitrogens is 2. The van der Waals surface area contributed by atoms with Gasteiger partial charge >= 0.3 is 6.03 Å². The second-order valence-corrected chi connectivity index (χ2v) is 6.48. The number of aliphatic hydroxyl groups is 1. The van der Waals surface area contributed by atoms with Crippen LogP contribution in [-0.4, -0.2) is 27.9 Å². The van der Waals surface area contributed by atoms with Crippen molar-refractivity contribution in [1.82, 2.24) is 15.5 Å². The normalized spacial score (nSPS) is 16.4. The van der Waals surface area contributed by atoms with Crippen molar-refractivity contribution in [3.63, 3.8) is 0 Å². The van der Waals surface area contributed by atoms with E-state index in [1.165, 1.54) is 19.3 Å². The average molecular weight is 343 g/mol. The highest BCUT2D eigenvalue weighted by atomic mass is 16.3. The number of carbonyl (C=O) groups is 1. The summed E-state index contributed by atoms with van der Waals surface area (Å²) in [7, 11) is 0. The first-order valence-electron chi connectivity index (χ1n) is 8.76. The van der Waals surface area contributed by atoms with Gasteiger partial charge in [0.05, 0.1) is 12.6 Å². The molecule has 2 aromatic rings. The number of rotatable bonds is 5. The van der Waals surface area contributed by atoms with Crippen LogP contribution >= 0.6 is 0 Å². The van der Waals surface area contributed by atoms with Gasteiger partial charge in [0, 0.05) is 5.56 Å². The Bertz CT molecular complexity index is 695. The number of H-pyrrole nitrogens is 1. The van der Waals surface area contributed by atoms with Gasteiger partial charge in [-0.3, -0.25) is 10.4 Å². The van der Waals surface area contributed by atoms with Gasteiger partial charge in [-0.05, 0) is 24.3 Å². The summed E-state index contributed by atoms with van der Waals surface area (Å²) < 4.78 is 0. The minimum absolute atomic E-state index is 0.185. The van der Waals surface area contributed by atoms with E-state index in [1.54, 1.807) is 0 Å². The molecule has 0 bridgehead atoms. The van der Waals surface area contributed by atoms with Crippen LogP contribution in [0.15, 0.2) is 30.3 Å². The number of nitrogens with zero attached hydrogens (tertiary/aromatic N) is 1. The highest BCUT2D eigenvalue weighted by molar-refractivity contribution is 5.90. The van der Waals surface area contributed by atoms with Gasteiger partial charge in [0.2, 0.25) is 0 Å². The first kappa shape index (κ1) is 17.3. The van der Waals surface area contributed by atoms with Crippen LogP contribution in [0.25, 0.3) is 0 Å². The molecule has 1 heterocycles. The summed E-state index contributed by atoms with van der Waals surface area (Å²) in [4.78, 5) is 12.4. The van der Waals surface area contributed by atoms with Gasteiger partial charge in [0.25, 0.3) is 0 Å². The maximum Gasteiger partial charge on any atom is 0.321 e. The smallest absolute Gasteiger partial charge is 0.321 e. The molecule has 0 saturated heterocycles. The Morgan fingerprint density at radius 3 is 2.68 bits per heavy atom. The lowest BCUT2D eigenvalue weighted by Crippen LogP contribution is -2.34. The van der Waals surface area contributed by atoms with Crippen LogP contribution in [-0.2, 0) is 0 Å². The van der Waals surface area contributed by atoms with Crippen LogP contribution in [0.5, 0.6) is 0 Å². The van der Waals surface area contributed by atoms with Crippen molar-refractivity contribution in [3.05, 3.63) is 41.5 Å². The minimum Gasteiger partial charge on any atom is -0.394 e. The molecule has 0 spiro atoms. The molecule has 3 rings (SSSR count). The molecule has 134 valence electrons. The van der Waals surface area contributed by atoms with Gasteiger partial charge in [0.15, 0.2) is 5.82 Å². The van der Waals surface area contributed by atoms with E-state index in [0.29, 0.717) is 17.6 Å². The predicted octanol–water partition coefficient (Wildman–Crippen LogP) is 2.89. The number of aliphatic hydroxyl groups excluding tert-OH is 1. The zero-order valence-corrected chi connectivity index (χ0v) is 14.2. The lowest BCUT2D eigenvalue weighted by Gasteiger charge is -2.22. The minimum atomic E-state index is -0.476. The monoisotopic (exact) mass is 343 g/mol. The molecule has 7 heteroatoms. The lowest BCUT2D eigenvalue weighted by molar-refractivity contribution is 0.225. The Labute approximate surface area is 147 Å². The van der Waals surface area contributed by atoms with Crippen molar-refractivity contribution in [2.24, 2.45) is 0 Å². The molecule has 1 aromatic carbocycles. The van der Waals surface area contributed by atoms with Crippen molar-refractivity contribution in [2.75, 3.05) is 17.7 Å². The van der Waals surface area contributed by atoms with Gasteiger partial charge in [-0.15, -0.1) is 0 Å². The third-order valence-corrected chi connectivity index (χ3v) is 4.77. The molecular formula is C18H25N5O2. The first-order valence-corrected chi connectivity index (χ1v) is 8.76. The largest absolute Gasteiger partial charge is 0.394 e. The summed E-state index contributed by atoms with van der Waals surface area (Å²) in [5.74, 6) is 1.32. The number of urea groups is 1. The lowest BCUT2D eigenvalue weighted by atomic mass is 9.84. The van der Waals surface area contributed by atoms with E-state index >= 15 is 0 Å². The van der Waals surface area contributed by atoms with E-state index < -0.39 is 12.1 Å². The van der Waals surface area contributed by atoms with Crippen molar-refractivity contribution >= 4 is 17.7 Å². The summed E-state index contributed by atoms with van der Waals surface area (Å²) in [5, 5.41) is 22.1. The molecule has 2 amide bonds. The molecule has 0 radical (unpaired) electrons. The number of aromatic amines is 1. The molecule has 1 saturated carbocycles. The molecule has 1 aromatic heterocycles. The Kier molecular flexibility index (Phi) is 5.55. The fraction of sp³-hybridized carbons (Fsp3) is 0.444. The number of benzene rings is 1. The molecule has 7 nitrogen and oxygen atoms in total. The van der Waals surface area contributed by atoms with Crippen molar-refractivity contribution in [1.29, 1.82) is 0 Å². The Balaban J connectivity index is 1.69. The van der Waals surface area contributed by atoms with E-state index in [-0.39, 0.29) is 6.61 Å². The summed E-state index contributed by atoms with van der Waals surface area (Å²) in [6, 6.07) is 8.46. The number of nitrogen functional groups attached to an aromatic ring is 1. The Morgan fingerprint density at radius 1 is 1.28 bits per heavy atom. The quantitative estimate of drug-likeness (QED) is 0.574. The Morgan fingerprint density at radius 2 is 2.00 bits per heavy atom. The number of anilines is 2. The van der Waals surface area contributed by atoms with Crippen LogP contribution in [0.3, 0.4) is 0 Å². The first-order chi connectivity index (χ1) is 12.2. The summed E-state index contributed by atoms with van der Waals surface area (Å²) in [5.41, 5.74) is 7.78. The number of carbonyl (C=O) groups excluding carboxylic acids is 1. The third-order valence-electron chi connectivity index (χ3n) is 4.77. The summed E-state index contributed by atoms with van der Waals surface area (Å²) in [6.07, 6.45) is 5.70. The van der Waals surface area contributed by atoms with Crippen molar-refractivity contribution < 1.29 is 9.90 Å². The standard InChI is InChI=1S/C18H25N5O2/c19-16-15(13-9-5-2-6-10-13)17(23-22-16)21-18(25)20-14(11-24)12-7-3-1-4-8-12/h1,3-4,7-8,13-14,24H,2,5-6,9-11H2,(H5,19,20,21,22,23,25)/t14-/m1/s1. The second kappa shape index (κ2) is 8.02. The molecule has 1 atom stereocenters. The van der Waals surface area contributed by atoms with Crippen molar-refractivity contribution in [2.45, 2.75) is 44.1 Å². The predicted molar refractivity (Wildman–Crippen MR) is 97.2 cm³/mol. The SMILES string of the molecule is Nc1[nH]nc(NC(=O)N[C@H](CO)c2ccccc2)c1C1CCCCC1.